The topological polar surface area (TPSA) is 48.9 Å². The van der Waals surface area contributed by atoms with Crippen molar-refractivity contribution in [1.29, 1.82) is 0 Å². The summed E-state index contributed by atoms with van der Waals surface area (Å²) in [4.78, 5) is 6.81. The van der Waals surface area contributed by atoms with E-state index in [0.717, 1.165) is 44.2 Å². The fraction of sp³-hybridized carbons (Fsp3) is 0.632. The predicted octanol–water partition coefficient (Wildman–Crippen LogP) is 3.49. The zero-order valence-corrected chi connectivity index (χ0v) is 18.7. The molecule has 1 atom stereocenters. The van der Waals surface area contributed by atoms with Gasteiger partial charge in [0.2, 0.25) is 0 Å². The summed E-state index contributed by atoms with van der Waals surface area (Å²) < 4.78 is 5.76. The molecule has 1 aromatic rings. The van der Waals surface area contributed by atoms with Gasteiger partial charge in [-0.3, -0.25) is 0 Å². The van der Waals surface area contributed by atoms with Crippen LogP contribution in [-0.4, -0.2) is 50.7 Å². The highest BCUT2D eigenvalue weighted by Crippen LogP contribution is 2.13. The third kappa shape index (κ3) is 11.3. The molecule has 0 aromatic heterocycles. The number of guanidine groups is 1. The highest BCUT2D eigenvalue weighted by molar-refractivity contribution is 14.0. The van der Waals surface area contributed by atoms with Gasteiger partial charge in [0.15, 0.2) is 5.96 Å². The molecular weight excluding hydrogens is 427 g/mol. The van der Waals surface area contributed by atoms with Crippen molar-refractivity contribution in [2.75, 3.05) is 33.8 Å². The fourth-order valence-electron chi connectivity index (χ4n) is 2.09. The van der Waals surface area contributed by atoms with Gasteiger partial charge in [-0.1, -0.05) is 19.1 Å². The maximum Gasteiger partial charge on any atom is 0.191 e. The Morgan fingerprint density at radius 2 is 1.88 bits per heavy atom. The van der Waals surface area contributed by atoms with Gasteiger partial charge in [0.1, 0.15) is 5.75 Å². The predicted molar refractivity (Wildman–Crippen MR) is 118 cm³/mol. The minimum atomic E-state index is 0. The van der Waals surface area contributed by atoms with Crippen LogP contribution >= 0.6 is 24.0 Å². The van der Waals surface area contributed by atoms with Crippen molar-refractivity contribution in [2.24, 2.45) is 4.99 Å². The number of hydrogen-bond acceptors (Lipinski definition) is 3. The molecule has 1 aromatic carbocycles. The Labute approximate surface area is 170 Å². The van der Waals surface area contributed by atoms with Gasteiger partial charge in [-0.15, -0.1) is 24.0 Å². The first-order chi connectivity index (χ1) is 11.5. The molecule has 2 N–H and O–H groups in total. The van der Waals surface area contributed by atoms with Crippen molar-refractivity contribution in [1.82, 2.24) is 15.5 Å². The largest absolute Gasteiger partial charge is 0.494 e. The van der Waals surface area contributed by atoms with E-state index in [2.05, 4.69) is 67.5 Å². The van der Waals surface area contributed by atoms with Gasteiger partial charge >= 0.3 is 0 Å². The molecule has 0 amide bonds. The summed E-state index contributed by atoms with van der Waals surface area (Å²) in [6.07, 6.45) is 2.11. The normalized spacial score (nSPS) is 12.5. The van der Waals surface area contributed by atoms with Crippen LogP contribution in [0.5, 0.6) is 5.75 Å². The van der Waals surface area contributed by atoms with Gasteiger partial charge < -0.3 is 20.3 Å². The van der Waals surface area contributed by atoms with Crippen molar-refractivity contribution in [3.63, 3.8) is 0 Å². The average Bonchev–Trinajstić information content (AvgIpc) is 2.57. The van der Waals surface area contributed by atoms with Crippen molar-refractivity contribution in [3.05, 3.63) is 29.8 Å². The molecule has 0 radical (unpaired) electrons. The molecule has 0 spiro atoms. The number of hydrogen-bond donors (Lipinski definition) is 2. The molecule has 0 saturated carbocycles. The van der Waals surface area contributed by atoms with Gasteiger partial charge in [0, 0.05) is 19.1 Å². The van der Waals surface area contributed by atoms with Gasteiger partial charge in [-0.25, -0.2) is 4.99 Å². The summed E-state index contributed by atoms with van der Waals surface area (Å²) in [5.41, 5.74) is 1.18. The lowest BCUT2D eigenvalue weighted by Gasteiger charge is -2.16. The van der Waals surface area contributed by atoms with Gasteiger partial charge in [-0.05, 0) is 58.5 Å². The lowest BCUT2D eigenvalue weighted by Crippen LogP contribution is -2.41. The van der Waals surface area contributed by atoms with Crippen LogP contribution in [0.15, 0.2) is 29.3 Å². The summed E-state index contributed by atoms with van der Waals surface area (Å²) in [6.45, 7) is 9.72. The lowest BCUT2D eigenvalue weighted by molar-refractivity contribution is 0.281. The molecule has 0 heterocycles. The molecule has 0 saturated heterocycles. The molecular formula is C19H35IN4O. The fourth-order valence-corrected chi connectivity index (χ4v) is 2.09. The molecule has 0 aliphatic carbocycles. The average molecular weight is 462 g/mol. The second-order valence-corrected chi connectivity index (χ2v) is 6.30. The molecule has 0 aliphatic rings. The quantitative estimate of drug-likeness (QED) is 0.242. The smallest absolute Gasteiger partial charge is 0.191 e. The lowest BCUT2D eigenvalue weighted by atomic mass is 10.2. The molecule has 6 heteroatoms. The molecule has 0 aliphatic heterocycles. The van der Waals surface area contributed by atoms with Crippen LogP contribution in [-0.2, 0) is 6.54 Å². The van der Waals surface area contributed by atoms with Crippen LogP contribution < -0.4 is 15.4 Å². The number of nitrogens with one attached hydrogen (secondary N) is 2. The van der Waals surface area contributed by atoms with Crippen molar-refractivity contribution < 1.29 is 4.74 Å². The first-order valence-electron chi connectivity index (χ1n) is 8.96. The minimum Gasteiger partial charge on any atom is -0.494 e. The second-order valence-electron chi connectivity index (χ2n) is 6.30. The molecule has 5 nitrogen and oxygen atoms in total. The Hall–Kier alpha value is -1.02. The van der Waals surface area contributed by atoms with E-state index in [0.29, 0.717) is 12.6 Å². The molecule has 0 bridgehead atoms. The SMILES string of the molecule is CCNC(=NCc1ccc(OCCCN(C)C)cc1)NC(C)CC.I. The minimum absolute atomic E-state index is 0. The van der Waals surface area contributed by atoms with E-state index < -0.39 is 0 Å². The number of ether oxygens (including phenoxy) is 1. The number of rotatable bonds is 10. The maximum atomic E-state index is 5.76. The zero-order valence-electron chi connectivity index (χ0n) is 16.3. The van der Waals surface area contributed by atoms with Gasteiger partial charge in [-0.2, -0.15) is 0 Å². The van der Waals surface area contributed by atoms with Crippen LogP contribution in [0, 0.1) is 0 Å². The highest BCUT2D eigenvalue weighted by atomic mass is 127. The second kappa shape index (κ2) is 14.2. The molecule has 144 valence electrons. The van der Waals surface area contributed by atoms with Crippen LogP contribution in [0.2, 0.25) is 0 Å². The summed E-state index contributed by atoms with van der Waals surface area (Å²) in [7, 11) is 4.15. The monoisotopic (exact) mass is 462 g/mol. The van der Waals surface area contributed by atoms with Crippen molar-refractivity contribution in [2.45, 2.75) is 46.2 Å². The van der Waals surface area contributed by atoms with E-state index >= 15 is 0 Å². The Morgan fingerprint density at radius 3 is 2.44 bits per heavy atom. The molecule has 0 fully saturated rings. The zero-order chi connectivity index (χ0) is 17.8. The summed E-state index contributed by atoms with van der Waals surface area (Å²) in [5, 5.41) is 6.69. The Kier molecular flexibility index (Phi) is 13.6. The summed E-state index contributed by atoms with van der Waals surface area (Å²) in [6, 6.07) is 8.63. The van der Waals surface area contributed by atoms with Gasteiger partial charge in [0.05, 0.1) is 13.2 Å². The van der Waals surface area contributed by atoms with Crippen LogP contribution in [0.25, 0.3) is 0 Å². The number of halogens is 1. The van der Waals surface area contributed by atoms with E-state index in [1.165, 1.54) is 5.56 Å². The van der Waals surface area contributed by atoms with E-state index in [4.69, 9.17) is 4.74 Å². The van der Waals surface area contributed by atoms with E-state index in [9.17, 15) is 0 Å². The maximum absolute atomic E-state index is 5.76. The Balaban J connectivity index is 0.00000576. The van der Waals surface area contributed by atoms with Crippen LogP contribution in [0.3, 0.4) is 0 Å². The van der Waals surface area contributed by atoms with Crippen LogP contribution in [0.4, 0.5) is 0 Å². The van der Waals surface area contributed by atoms with E-state index in [1.54, 1.807) is 0 Å². The Bertz CT molecular complexity index is 477. The standard InChI is InChI=1S/C19H34N4O.HI/c1-6-16(3)22-19(20-7-2)21-15-17-9-11-18(12-10-17)24-14-8-13-23(4)5;/h9-12,16H,6-8,13-15H2,1-5H3,(H2,20,21,22);1H. The third-order valence-corrected chi connectivity index (χ3v) is 3.70. The number of nitrogens with zero attached hydrogens (tertiary/aromatic N) is 2. The van der Waals surface area contributed by atoms with E-state index in [1.807, 2.05) is 12.1 Å². The molecule has 1 rings (SSSR count). The van der Waals surface area contributed by atoms with Crippen molar-refractivity contribution in [3.8, 4) is 5.75 Å². The van der Waals surface area contributed by atoms with E-state index in [-0.39, 0.29) is 24.0 Å². The highest BCUT2D eigenvalue weighted by Gasteiger charge is 2.02. The first-order valence-corrected chi connectivity index (χ1v) is 8.96. The summed E-state index contributed by atoms with van der Waals surface area (Å²) >= 11 is 0. The Morgan fingerprint density at radius 1 is 1.20 bits per heavy atom. The summed E-state index contributed by atoms with van der Waals surface area (Å²) in [5.74, 6) is 1.79. The third-order valence-electron chi connectivity index (χ3n) is 3.70. The van der Waals surface area contributed by atoms with Gasteiger partial charge in [0.25, 0.3) is 0 Å². The van der Waals surface area contributed by atoms with Crippen LogP contribution in [0.1, 0.15) is 39.2 Å². The molecule has 25 heavy (non-hydrogen) atoms. The molecule has 1 unspecified atom stereocenters. The van der Waals surface area contributed by atoms with Crippen molar-refractivity contribution >= 4 is 29.9 Å². The number of aliphatic imine (C=N–C) groups is 1. The first kappa shape index (κ1) is 24.0. The number of benzene rings is 1.